The molecule has 0 amide bonds. The zero-order valence-electron chi connectivity index (χ0n) is 13.8. The number of hydrazone groups is 1. The topological polar surface area (TPSA) is 137 Å². The number of hydrogen-bond acceptors (Lipinski definition) is 8. The maximum Gasteiger partial charge on any atom is 0.201 e. The second kappa shape index (κ2) is 7.97. The van der Waals surface area contributed by atoms with Gasteiger partial charge >= 0.3 is 0 Å². The zero-order valence-corrected chi connectivity index (χ0v) is 13.8. The van der Waals surface area contributed by atoms with Crippen LogP contribution in [-0.2, 0) is 0 Å². The van der Waals surface area contributed by atoms with Gasteiger partial charge in [-0.1, -0.05) is 0 Å². The lowest BCUT2D eigenvalue weighted by Gasteiger charge is -2.11. The van der Waals surface area contributed by atoms with Gasteiger partial charge in [-0.2, -0.15) is 5.10 Å². The van der Waals surface area contributed by atoms with E-state index >= 15 is 0 Å². The molecule has 6 N–H and O–H groups in total. The number of benzene rings is 1. The van der Waals surface area contributed by atoms with Gasteiger partial charge in [0.05, 0.1) is 18.8 Å². The van der Waals surface area contributed by atoms with Crippen molar-refractivity contribution in [1.29, 1.82) is 5.41 Å². The Morgan fingerprint density at radius 3 is 2.54 bits per heavy atom. The van der Waals surface area contributed by atoms with Crippen molar-refractivity contribution in [3.63, 3.8) is 0 Å². The molecule has 0 aliphatic carbocycles. The van der Waals surface area contributed by atoms with E-state index in [9.17, 15) is 0 Å². The number of aliphatic imine (C=N–C) groups is 1. The van der Waals surface area contributed by atoms with Crippen molar-refractivity contribution in [2.45, 2.75) is 6.35 Å². The highest BCUT2D eigenvalue weighted by Gasteiger charge is 2.28. The molecule has 130 valence electrons. The van der Waals surface area contributed by atoms with E-state index in [1.54, 1.807) is 24.3 Å². The Hall–Kier alpha value is -2.33. The van der Waals surface area contributed by atoms with E-state index in [1.807, 2.05) is 19.0 Å². The monoisotopic (exact) mass is 333 g/mol. The number of aliphatic hydroxyl groups is 1. The summed E-state index contributed by atoms with van der Waals surface area (Å²) in [6, 6.07) is 6.91. The van der Waals surface area contributed by atoms with Crippen LogP contribution >= 0.6 is 0 Å². The third-order valence-electron chi connectivity index (χ3n) is 3.12. The lowest BCUT2D eigenvalue weighted by Crippen LogP contribution is -2.36. The Labute approximate surface area is 140 Å². The molecule has 0 atom stereocenters. The van der Waals surface area contributed by atoms with Crippen molar-refractivity contribution >= 4 is 22.9 Å². The number of nitrogens with one attached hydrogen (secondary N) is 1. The smallest absolute Gasteiger partial charge is 0.201 e. The molecule has 0 saturated heterocycles. The lowest BCUT2D eigenvalue weighted by atomic mass is 10.2. The predicted octanol–water partition coefficient (Wildman–Crippen LogP) is -0.458. The second-order valence-corrected chi connectivity index (χ2v) is 5.52. The van der Waals surface area contributed by atoms with Crippen LogP contribution in [0.2, 0.25) is 0 Å². The minimum absolute atomic E-state index is 0.0835. The van der Waals surface area contributed by atoms with E-state index in [2.05, 4.69) is 10.1 Å². The number of amidine groups is 1. The Morgan fingerprint density at radius 1 is 1.33 bits per heavy atom. The second-order valence-electron chi connectivity index (χ2n) is 5.52. The Kier molecular flexibility index (Phi) is 5.99. The van der Waals surface area contributed by atoms with Crippen molar-refractivity contribution in [2.75, 3.05) is 33.8 Å². The molecule has 9 nitrogen and oxygen atoms in total. The number of nitrogens with two attached hydrogens (primary N) is 2. The first-order chi connectivity index (χ1) is 11.4. The highest BCUT2D eigenvalue weighted by atomic mass is 16.5. The molecule has 1 aliphatic heterocycles. The van der Waals surface area contributed by atoms with E-state index in [-0.39, 0.29) is 19.0 Å². The van der Waals surface area contributed by atoms with Crippen LogP contribution in [0.1, 0.15) is 0 Å². The summed E-state index contributed by atoms with van der Waals surface area (Å²) in [7, 11) is 3.83. The quantitative estimate of drug-likeness (QED) is 0.499. The number of hydrogen-bond donors (Lipinski definition) is 4. The number of ether oxygens (including phenoxy) is 1. The minimum atomic E-state index is -0.879. The molecule has 24 heavy (non-hydrogen) atoms. The van der Waals surface area contributed by atoms with Gasteiger partial charge in [0.1, 0.15) is 17.2 Å². The average molecular weight is 333 g/mol. The highest BCUT2D eigenvalue weighted by Crippen LogP contribution is 2.20. The normalized spacial score (nSPS) is 16.5. The molecule has 0 bridgehead atoms. The zero-order chi connectivity index (χ0) is 17.7. The van der Waals surface area contributed by atoms with E-state index in [1.165, 1.54) is 5.01 Å². The molecule has 0 spiro atoms. The van der Waals surface area contributed by atoms with E-state index in [4.69, 9.17) is 26.7 Å². The standard InChI is InChI=1S/C15H23N7O2/c1-21(2)9-12-13(14(16)22(20-12)7-8-23)19-10-3-5-11(6-4-10)24-15(17)18/h3-6,15-16,23H,7-9,17-18H2,1-2H3. The van der Waals surface area contributed by atoms with Crippen molar-refractivity contribution in [2.24, 2.45) is 21.6 Å². The molecular weight excluding hydrogens is 310 g/mol. The third-order valence-corrected chi connectivity index (χ3v) is 3.12. The molecule has 2 rings (SSSR count). The molecule has 1 aromatic rings. The van der Waals surface area contributed by atoms with Crippen molar-refractivity contribution in [3.05, 3.63) is 24.3 Å². The first kappa shape index (κ1) is 18.0. The Morgan fingerprint density at radius 2 is 2.00 bits per heavy atom. The van der Waals surface area contributed by atoms with E-state index in [0.29, 0.717) is 29.4 Å². The molecule has 9 heteroatoms. The lowest BCUT2D eigenvalue weighted by molar-refractivity contribution is 0.217. The van der Waals surface area contributed by atoms with Crippen LogP contribution in [0.4, 0.5) is 5.69 Å². The summed E-state index contributed by atoms with van der Waals surface area (Å²) in [5, 5.41) is 23.1. The molecule has 0 unspecified atom stereocenters. The van der Waals surface area contributed by atoms with Crippen LogP contribution < -0.4 is 16.2 Å². The van der Waals surface area contributed by atoms with Gasteiger partial charge in [0.2, 0.25) is 6.35 Å². The van der Waals surface area contributed by atoms with Crippen LogP contribution in [-0.4, -0.2) is 72.4 Å². The summed E-state index contributed by atoms with van der Waals surface area (Å²) in [6.45, 7) is 0.724. The molecule has 1 aromatic carbocycles. The summed E-state index contributed by atoms with van der Waals surface area (Å²) in [6.07, 6.45) is -0.879. The van der Waals surface area contributed by atoms with Crippen LogP contribution in [0.5, 0.6) is 5.75 Å². The molecule has 0 aromatic heterocycles. The fraction of sp³-hybridized carbons (Fsp3) is 0.400. The van der Waals surface area contributed by atoms with E-state index < -0.39 is 6.35 Å². The number of rotatable bonds is 7. The van der Waals surface area contributed by atoms with Crippen LogP contribution in [0, 0.1) is 5.41 Å². The van der Waals surface area contributed by atoms with Gasteiger partial charge < -0.3 is 14.7 Å². The molecule has 1 aliphatic rings. The van der Waals surface area contributed by atoms with Gasteiger partial charge in [0, 0.05) is 6.54 Å². The SMILES string of the molecule is CN(C)CC1=NN(CCO)C(=N)C1=Nc1ccc(OC(N)N)cc1. The summed E-state index contributed by atoms with van der Waals surface area (Å²) in [5.74, 6) is 0.713. The average Bonchev–Trinajstić information content (AvgIpc) is 2.77. The number of nitrogens with zero attached hydrogens (tertiary/aromatic N) is 4. The first-order valence-electron chi connectivity index (χ1n) is 7.47. The van der Waals surface area contributed by atoms with Gasteiger partial charge in [0.25, 0.3) is 0 Å². The van der Waals surface area contributed by atoms with Crippen LogP contribution in [0.25, 0.3) is 0 Å². The summed E-state index contributed by atoms with van der Waals surface area (Å²) in [5.41, 5.74) is 12.6. The fourth-order valence-electron chi connectivity index (χ4n) is 2.17. The van der Waals surface area contributed by atoms with Gasteiger partial charge in [0.15, 0.2) is 5.84 Å². The first-order valence-corrected chi connectivity index (χ1v) is 7.47. The predicted molar refractivity (Wildman–Crippen MR) is 93.8 cm³/mol. The van der Waals surface area contributed by atoms with E-state index in [0.717, 1.165) is 0 Å². The van der Waals surface area contributed by atoms with Gasteiger partial charge in [-0.05, 0) is 38.4 Å². The van der Waals surface area contributed by atoms with Crippen molar-refractivity contribution in [1.82, 2.24) is 9.91 Å². The maximum absolute atomic E-state index is 9.10. The van der Waals surface area contributed by atoms with Crippen LogP contribution in [0.15, 0.2) is 34.4 Å². The fourth-order valence-corrected chi connectivity index (χ4v) is 2.17. The number of aliphatic hydroxyl groups excluding tert-OH is 1. The van der Waals surface area contributed by atoms with Gasteiger partial charge in [-0.25, -0.2) is 10.0 Å². The third kappa shape index (κ3) is 4.59. The number of β-amino-alcohol motifs (C(OH)–C–C–N with tert-alkyl or cyclic N) is 1. The maximum atomic E-state index is 9.10. The summed E-state index contributed by atoms with van der Waals surface area (Å²) >= 11 is 0. The highest BCUT2D eigenvalue weighted by molar-refractivity contribution is 6.70. The minimum Gasteiger partial charge on any atom is -0.463 e. The van der Waals surface area contributed by atoms with Crippen molar-refractivity contribution in [3.8, 4) is 5.75 Å². The molecule has 0 fully saturated rings. The molecule has 0 radical (unpaired) electrons. The van der Waals surface area contributed by atoms with Gasteiger partial charge in [-0.3, -0.25) is 16.9 Å². The molecule has 1 heterocycles. The Balaban J connectivity index is 2.24. The molecular formula is C15H23N7O2. The van der Waals surface area contributed by atoms with Crippen LogP contribution in [0.3, 0.4) is 0 Å². The molecule has 0 saturated carbocycles. The summed E-state index contributed by atoms with van der Waals surface area (Å²) < 4.78 is 5.18. The Bertz CT molecular complexity index is 638. The van der Waals surface area contributed by atoms with Gasteiger partial charge in [-0.15, -0.1) is 0 Å². The van der Waals surface area contributed by atoms with Crippen molar-refractivity contribution < 1.29 is 9.84 Å². The summed E-state index contributed by atoms with van der Waals surface area (Å²) in [4.78, 5) is 6.47. The largest absolute Gasteiger partial charge is 0.463 e.